The number of nitrogens with two attached hydrogens (primary N) is 1. The standard InChI is InChI=1S/C17H17N3OS/c18-17(19)16-10-12-6-7-14(11-15(12)22-16)21-9-8-20-13-4-2-1-3-5-13/h1-7,10-11,20H,8-9H2,(H3,18,19). The highest BCUT2D eigenvalue weighted by Gasteiger charge is 2.05. The number of ether oxygens (including phenoxy) is 1. The van der Waals surface area contributed by atoms with Crippen LogP contribution in [0.15, 0.2) is 54.6 Å². The Morgan fingerprint density at radius 1 is 1.14 bits per heavy atom. The summed E-state index contributed by atoms with van der Waals surface area (Å²) < 4.78 is 6.85. The van der Waals surface area contributed by atoms with Gasteiger partial charge in [0.2, 0.25) is 0 Å². The summed E-state index contributed by atoms with van der Waals surface area (Å²) in [5.41, 5.74) is 6.61. The number of fused-ring (bicyclic) bond motifs is 1. The lowest BCUT2D eigenvalue weighted by Gasteiger charge is -2.08. The van der Waals surface area contributed by atoms with E-state index >= 15 is 0 Å². The van der Waals surface area contributed by atoms with Gasteiger partial charge in [0.25, 0.3) is 0 Å². The third kappa shape index (κ3) is 3.38. The van der Waals surface area contributed by atoms with E-state index in [0.29, 0.717) is 6.61 Å². The van der Waals surface area contributed by atoms with E-state index in [9.17, 15) is 0 Å². The van der Waals surface area contributed by atoms with E-state index in [4.69, 9.17) is 15.9 Å². The zero-order chi connectivity index (χ0) is 15.4. The van der Waals surface area contributed by atoms with Crippen LogP contribution in [0, 0.1) is 5.41 Å². The largest absolute Gasteiger partial charge is 0.492 e. The second kappa shape index (κ2) is 6.49. The van der Waals surface area contributed by atoms with E-state index in [0.717, 1.165) is 32.9 Å². The normalized spacial score (nSPS) is 10.5. The lowest BCUT2D eigenvalue weighted by molar-refractivity contribution is 0.333. The second-order valence-corrected chi connectivity index (χ2v) is 5.95. The van der Waals surface area contributed by atoms with E-state index in [1.165, 1.54) is 11.3 Å². The van der Waals surface area contributed by atoms with Crippen LogP contribution in [-0.4, -0.2) is 19.0 Å². The van der Waals surface area contributed by atoms with E-state index < -0.39 is 0 Å². The maximum absolute atomic E-state index is 7.49. The van der Waals surface area contributed by atoms with Crippen molar-refractivity contribution in [3.8, 4) is 5.75 Å². The lowest BCUT2D eigenvalue weighted by atomic mass is 10.2. The molecular formula is C17H17N3OS. The predicted molar refractivity (Wildman–Crippen MR) is 93.3 cm³/mol. The molecule has 3 aromatic rings. The molecule has 0 radical (unpaired) electrons. The van der Waals surface area contributed by atoms with Crippen molar-refractivity contribution in [1.82, 2.24) is 0 Å². The first-order valence-electron chi connectivity index (χ1n) is 7.02. The van der Waals surface area contributed by atoms with Crippen LogP contribution < -0.4 is 15.8 Å². The smallest absolute Gasteiger partial charge is 0.133 e. The first-order valence-corrected chi connectivity index (χ1v) is 7.84. The van der Waals surface area contributed by atoms with Gasteiger partial charge in [-0.25, -0.2) is 0 Å². The zero-order valence-corrected chi connectivity index (χ0v) is 12.8. The van der Waals surface area contributed by atoms with Gasteiger partial charge in [-0.05, 0) is 41.8 Å². The van der Waals surface area contributed by atoms with Gasteiger partial charge in [-0.3, -0.25) is 5.41 Å². The number of rotatable bonds is 6. The van der Waals surface area contributed by atoms with Crippen molar-refractivity contribution >= 4 is 32.9 Å². The van der Waals surface area contributed by atoms with Crippen molar-refractivity contribution in [3.63, 3.8) is 0 Å². The van der Waals surface area contributed by atoms with E-state index in [2.05, 4.69) is 5.32 Å². The summed E-state index contributed by atoms with van der Waals surface area (Å²) in [5, 5.41) is 11.9. The Labute approximate surface area is 133 Å². The maximum Gasteiger partial charge on any atom is 0.133 e. The molecule has 0 aliphatic heterocycles. The van der Waals surface area contributed by atoms with Crippen LogP contribution in [-0.2, 0) is 0 Å². The first kappa shape index (κ1) is 14.4. The Balaban J connectivity index is 1.58. The van der Waals surface area contributed by atoms with Crippen LogP contribution in [0.4, 0.5) is 5.69 Å². The van der Waals surface area contributed by atoms with Gasteiger partial charge >= 0.3 is 0 Å². The van der Waals surface area contributed by atoms with Gasteiger partial charge in [0.05, 0.1) is 4.88 Å². The highest BCUT2D eigenvalue weighted by atomic mass is 32.1. The lowest BCUT2D eigenvalue weighted by Crippen LogP contribution is -2.11. The minimum absolute atomic E-state index is 0.107. The molecule has 22 heavy (non-hydrogen) atoms. The van der Waals surface area contributed by atoms with Crippen LogP contribution >= 0.6 is 11.3 Å². The topological polar surface area (TPSA) is 71.1 Å². The summed E-state index contributed by atoms with van der Waals surface area (Å²) in [4.78, 5) is 0.790. The summed E-state index contributed by atoms with van der Waals surface area (Å²) in [7, 11) is 0. The molecule has 0 atom stereocenters. The van der Waals surface area contributed by atoms with Crippen LogP contribution in [0.3, 0.4) is 0 Å². The Bertz CT molecular complexity index is 783. The van der Waals surface area contributed by atoms with Gasteiger partial charge in [0.1, 0.15) is 18.2 Å². The fourth-order valence-corrected chi connectivity index (χ4v) is 3.11. The van der Waals surface area contributed by atoms with Crippen molar-refractivity contribution < 1.29 is 4.74 Å². The Hall–Kier alpha value is -2.53. The molecule has 2 aromatic carbocycles. The van der Waals surface area contributed by atoms with Gasteiger partial charge in [-0.2, -0.15) is 0 Å². The molecule has 112 valence electrons. The quantitative estimate of drug-likeness (QED) is 0.369. The molecule has 0 aliphatic rings. The number of nitrogens with one attached hydrogen (secondary N) is 2. The second-order valence-electron chi connectivity index (χ2n) is 4.87. The van der Waals surface area contributed by atoms with Crippen LogP contribution in [0.1, 0.15) is 4.88 Å². The first-order chi connectivity index (χ1) is 10.7. The van der Waals surface area contributed by atoms with Gasteiger partial charge in [-0.1, -0.05) is 18.2 Å². The summed E-state index contributed by atoms with van der Waals surface area (Å²) in [6, 6.07) is 17.9. The maximum atomic E-state index is 7.49. The van der Waals surface area contributed by atoms with Crippen LogP contribution in [0.2, 0.25) is 0 Å². The SMILES string of the molecule is N=C(N)c1cc2ccc(OCCNc3ccccc3)cc2s1. The molecule has 0 bridgehead atoms. The molecule has 4 N–H and O–H groups in total. The molecule has 4 nitrogen and oxygen atoms in total. The van der Waals surface area contributed by atoms with Crippen molar-refractivity contribution in [3.05, 3.63) is 59.5 Å². The van der Waals surface area contributed by atoms with E-state index in [-0.39, 0.29) is 5.84 Å². The van der Waals surface area contributed by atoms with Crippen LogP contribution in [0.5, 0.6) is 5.75 Å². The van der Waals surface area contributed by atoms with Crippen molar-refractivity contribution in [2.45, 2.75) is 0 Å². The fourth-order valence-electron chi connectivity index (χ4n) is 2.15. The van der Waals surface area contributed by atoms with Crippen molar-refractivity contribution in [1.29, 1.82) is 5.41 Å². The third-order valence-electron chi connectivity index (χ3n) is 3.23. The molecule has 0 unspecified atom stereocenters. The molecule has 5 heteroatoms. The molecule has 0 saturated heterocycles. The molecule has 0 spiro atoms. The summed E-state index contributed by atoms with van der Waals surface area (Å²) in [6.07, 6.45) is 0. The number of hydrogen-bond donors (Lipinski definition) is 3. The molecular weight excluding hydrogens is 294 g/mol. The number of thiophene rings is 1. The highest BCUT2D eigenvalue weighted by Crippen LogP contribution is 2.28. The molecule has 0 saturated carbocycles. The monoisotopic (exact) mass is 311 g/mol. The summed E-state index contributed by atoms with van der Waals surface area (Å²) in [6.45, 7) is 1.33. The molecule has 1 heterocycles. The van der Waals surface area contributed by atoms with E-state index in [1.807, 2.05) is 54.6 Å². The van der Waals surface area contributed by atoms with Crippen molar-refractivity contribution in [2.75, 3.05) is 18.5 Å². The fraction of sp³-hybridized carbons (Fsp3) is 0.118. The number of hydrogen-bond acceptors (Lipinski definition) is 4. The minimum atomic E-state index is 0.107. The number of benzene rings is 2. The average molecular weight is 311 g/mol. The summed E-state index contributed by atoms with van der Waals surface area (Å²) in [5.74, 6) is 0.940. The zero-order valence-electron chi connectivity index (χ0n) is 12.0. The number of anilines is 1. The Morgan fingerprint density at radius 2 is 1.95 bits per heavy atom. The predicted octanol–water partition coefficient (Wildman–Crippen LogP) is 3.68. The van der Waals surface area contributed by atoms with Gasteiger partial charge < -0.3 is 15.8 Å². The molecule has 1 aromatic heterocycles. The highest BCUT2D eigenvalue weighted by molar-refractivity contribution is 7.20. The molecule has 0 fully saturated rings. The Kier molecular flexibility index (Phi) is 4.25. The van der Waals surface area contributed by atoms with E-state index in [1.54, 1.807) is 0 Å². The van der Waals surface area contributed by atoms with Crippen LogP contribution in [0.25, 0.3) is 10.1 Å². The average Bonchev–Trinajstić information content (AvgIpc) is 2.96. The minimum Gasteiger partial charge on any atom is -0.492 e. The van der Waals surface area contributed by atoms with Crippen molar-refractivity contribution in [2.24, 2.45) is 5.73 Å². The Morgan fingerprint density at radius 3 is 2.73 bits per heavy atom. The number of nitrogen functional groups attached to an aromatic ring is 1. The number of amidine groups is 1. The summed E-state index contributed by atoms with van der Waals surface area (Å²) >= 11 is 1.51. The number of para-hydroxylation sites is 1. The third-order valence-corrected chi connectivity index (χ3v) is 4.36. The molecule has 3 rings (SSSR count). The van der Waals surface area contributed by atoms with Gasteiger partial charge in [0.15, 0.2) is 0 Å². The molecule has 0 aliphatic carbocycles. The molecule has 0 amide bonds. The van der Waals surface area contributed by atoms with Gasteiger partial charge in [-0.15, -0.1) is 11.3 Å². The van der Waals surface area contributed by atoms with Gasteiger partial charge in [0, 0.05) is 16.9 Å².